The first-order valence-electron chi connectivity index (χ1n) is 7.02. The highest BCUT2D eigenvalue weighted by Crippen LogP contribution is 2.25. The van der Waals surface area contributed by atoms with Crippen molar-refractivity contribution in [3.05, 3.63) is 76.2 Å². The second kappa shape index (κ2) is 5.48. The number of rotatable bonds is 3. The third-order valence-electron chi connectivity index (χ3n) is 3.82. The maximum absolute atomic E-state index is 12.4. The first-order valence-corrected chi connectivity index (χ1v) is 7.02. The lowest BCUT2D eigenvalue weighted by molar-refractivity contribution is -0.271. The minimum absolute atomic E-state index is 0.212. The van der Waals surface area contributed by atoms with Crippen molar-refractivity contribution in [2.45, 2.75) is 0 Å². The average molecular weight is 292 g/mol. The van der Waals surface area contributed by atoms with E-state index in [4.69, 9.17) is 0 Å². The van der Waals surface area contributed by atoms with Crippen LogP contribution in [0.15, 0.2) is 65.5 Å². The van der Waals surface area contributed by atoms with Gasteiger partial charge in [0.1, 0.15) is 7.05 Å². The highest BCUT2D eigenvalue weighted by Gasteiger charge is 2.23. The van der Waals surface area contributed by atoms with E-state index in [1.807, 2.05) is 60.7 Å². The van der Waals surface area contributed by atoms with Crippen LogP contribution in [-0.4, -0.2) is 14.1 Å². The lowest BCUT2D eigenvalue weighted by Crippen LogP contribution is -2.46. The summed E-state index contributed by atoms with van der Waals surface area (Å²) in [7, 11) is 3.47. The molecule has 3 aromatic rings. The van der Waals surface area contributed by atoms with Gasteiger partial charge in [0.15, 0.2) is 0 Å². The van der Waals surface area contributed by atoms with Crippen LogP contribution in [0.5, 0.6) is 5.75 Å². The van der Waals surface area contributed by atoms with E-state index in [-0.39, 0.29) is 22.2 Å². The summed E-state index contributed by atoms with van der Waals surface area (Å²) in [4.78, 5) is 14.1. The fourth-order valence-electron chi connectivity index (χ4n) is 2.54. The normalized spacial score (nSPS) is 12.3. The lowest BCUT2D eigenvalue weighted by Gasteiger charge is -2.25. The van der Waals surface area contributed by atoms with Crippen molar-refractivity contribution in [1.29, 1.82) is 0 Å². The zero-order valence-corrected chi connectivity index (χ0v) is 12.5. The van der Waals surface area contributed by atoms with Crippen LogP contribution in [0.25, 0.3) is 0 Å². The van der Waals surface area contributed by atoms with Crippen LogP contribution in [-0.2, 0) is 0 Å². The SMILES string of the molecule is CN(c1ccccc1)c1c([O-])c(=[N+](C)c2ccccc2)c1=O. The van der Waals surface area contributed by atoms with Gasteiger partial charge in [0, 0.05) is 24.9 Å². The van der Waals surface area contributed by atoms with Crippen molar-refractivity contribution < 1.29 is 5.11 Å². The molecule has 0 saturated heterocycles. The minimum atomic E-state index is -0.220. The van der Waals surface area contributed by atoms with E-state index in [1.165, 1.54) is 0 Å². The first-order chi connectivity index (χ1) is 10.6. The number of nitrogens with zero attached hydrogens (tertiary/aromatic N) is 2. The molecule has 110 valence electrons. The molecule has 0 unspecified atom stereocenters. The second-order valence-corrected chi connectivity index (χ2v) is 5.14. The number of hydrogen-bond acceptors (Lipinski definition) is 3. The molecule has 0 fully saturated rings. The Hall–Kier alpha value is -2.88. The Balaban J connectivity index is 2.08. The van der Waals surface area contributed by atoms with Crippen LogP contribution in [0, 0.1) is 0 Å². The Bertz CT molecular complexity index is 877. The standard InChI is InChI=1S/C18H16N2O2/c1-19(13-9-5-3-6-10-13)15-17(21)16(18(15)22)20(2)14-11-7-4-8-12-14/h3-12H,1-2H3. The van der Waals surface area contributed by atoms with Gasteiger partial charge in [-0.25, -0.2) is 0 Å². The molecule has 4 heteroatoms. The zero-order valence-electron chi connectivity index (χ0n) is 12.5. The summed E-state index contributed by atoms with van der Waals surface area (Å²) >= 11 is 0. The predicted molar refractivity (Wildman–Crippen MR) is 86.3 cm³/mol. The molecule has 0 aliphatic rings. The summed E-state index contributed by atoms with van der Waals surface area (Å²) in [5.74, 6) is -0.220. The Kier molecular flexibility index (Phi) is 3.51. The van der Waals surface area contributed by atoms with Crippen molar-refractivity contribution in [3.63, 3.8) is 0 Å². The summed E-state index contributed by atoms with van der Waals surface area (Å²) in [5, 5.41) is 12.6. The fraction of sp³-hybridized carbons (Fsp3) is 0.111. The van der Waals surface area contributed by atoms with Gasteiger partial charge in [-0.05, 0) is 17.9 Å². The van der Waals surface area contributed by atoms with Crippen molar-refractivity contribution in [2.24, 2.45) is 0 Å². The third-order valence-corrected chi connectivity index (χ3v) is 3.82. The molecule has 0 aliphatic carbocycles. The molecule has 0 N–H and O–H groups in total. The summed E-state index contributed by atoms with van der Waals surface area (Å²) in [5.41, 5.74) is 1.63. The van der Waals surface area contributed by atoms with E-state index in [0.29, 0.717) is 0 Å². The molecule has 0 aromatic heterocycles. The molecular weight excluding hydrogens is 276 g/mol. The van der Waals surface area contributed by atoms with Gasteiger partial charge in [0.25, 0.3) is 5.43 Å². The van der Waals surface area contributed by atoms with E-state index >= 15 is 0 Å². The molecule has 0 radical (unpaired) electrons. The van der Waals surface area contributed by atoms with Crippen molar-refractivity contribution in [2.75, 3.05) is 19.0 Å². The van der Waals surface area contributed by atoms with Gasteiger partial charge in [-0.2, -0.15) is 4.58 Å². The Morgan fingerprint density at radius 1 is 0.955 bits per heavy atom. The van der Waals surface area contributed by atoms with Gasteiger partial charge in [-0.3, -0.25) is 4.79 Å². The molecule has 0 amide bonds. The molecule has 3 rings (SSSR count). The van der Waals surface area contributed by atoms with E-state index in [1.54, 1.807) is 23.6 Å². The predicted octanol–water partition coefficient (Wildman–Crippen LogP) is 1.50. The minimum Gasteiger partial charge on any atom is -0.866 e. The quantitative estimate of drug-likeness (QED) is 0.687. The summed E-state index contributed by atoms with van der Waals surface area (Å²) < 4.78 is 1.65. The molecule has 3 aromatic carbocycles. The Morgan fingerprint density at radius 2 is 1.50 bits per heavy atom. The summed E-state index contributed by atoms with van der Waals surface area (Å²) in [6.07, 6.45) is 0. The average Bonchev–Trinajstić information content (AvgIpc) is 2.56. The smallest absolute Gasteiger partial charge is 0.272 e. The van der Waals surface area contributed by atoms with Crippen molar-refractivity contribution in [1.82, 2.24) is 4.58 Å². The molecule has 0 bridgehead atoms. The number of para-hydroxylation sites is 2. The Morgan fingerprint density at radius 3 is 2.05 bits per heavy atom. The van der Waals surface area contributed by atoms with E-state index in [0.717, 1.165) is 11.4 Å². The molecule has 22 heavy (non-hydrogen) atoms. The molecule has 0 aliphatic heterocycles. The Labute approximate surface area is 128 Å². The van der Waals surface area contributed by atoms with E-state index < -0.39 is 0 Å². The molecule has 4 nitrogen and oxygen atoms in total. The first kappa shape index (κ1) is 14.1. The van der Waals surface area contributed by atoms with Gasteiger partial charge in [0.05, 0.1) is 5.69 Å². The van der Waals surface area contributed by atoms with Crippen LogP contribution >= 0.6 is 0 Å². The largest absolute Gasteiger partial charge is 0.866 e. The van der Waals surface area contributed by atoms with Gasteiger partial charge in [-0.1, -0.05) is 36.4 Å². The monoisotopic (exact) mass is 292 g/mol. The fourth-order valence-corrected chi connectivity index (χ4v) is 2.54. The topological polar surface area (TPSA) is 46.4 Å². The van der Waals surface area contributed by atoms with Crippen LogP contribution in [0.1, 0.15) is 0 Å². The highest BCUT2D eigenvalue weighted by molar-refractivity contribution is 5.71. The van der Waals surface area contributed by atoms with Gasteiger partial charge in [0.2, 0.25) is 11.0 Å². The molecule has 0 saturated carbocycles. The van der Waals surface area contributed by atoms with Crippen LogP contribution in [0.3, 0.4) is 0 Å². The highest BCUT2D eigenvalue weighted by atomic mass is 16.3. The third kappa shape index (κ3) is 2.19. The van der Waals surface area contributed by atoms with Crippen molar-refractivity contribution >= 4 is 17.1 Å². The van der Waals surface area contributed by atoms with Crippen molar-refractivity contribution in [3.8, 4) is 5.75 Å². The lowest BCUT2D eigenvalue weighted by atomic mass is 10.1. The van der Waals surface area contributed by atoms with E-state index in [9.17, 15) is 9.90 Å². The molecular formula is C18H16N2O2. The molecule has 0 spiro atoms. The second-order valence-electron chi connectivity index (χ2n) is 5.14. The molecule has 0 atom stereocenters. The summed E-state index contributed by atoms with van der Waals surface area (Å²) in [6.45, 7) is 0. The van der Waals surface area contributed by atoms with Crippen LogP contribution in [0.4, 0.5) is 17.1 Å². The maximum atomic E-state index is 12.4. The zero-order chi connectivity index (χ0) is 15.7. The van der Waals surface area contributed by atoms with Gasteiger partial charge >= 0.3 is 0 Å². The number of benzene rings is 2. The summed E-state index contributed by atoms with van der Waals surface area (Å²) in [6, 6.07) is 18.8. The van der Waals surface area contributed by atoms with Crippen LogP contribution < -0.4 is 25.4 Å². The van der Waals surface area contributed by atoms with Crippen LogP contribution in [0.2, 0.25) is 0 Å². The number of anilines is 2. The molecule has 0 heterocycles. The number of hydrogen-bond donors (Lipinski definition) is 0. The maximum Gasteiger partial charge on any atom is 0.272 e. The van der Waals surface area contributed by atoms with Gasteiger partial charge < -0.3 is 10.0 Å². The van der Waals surface area contributed by atoms with Gasteiger partial charge in [-0.15, -0.1) is 0 Å². The van der Waals surface area contributed by atoms with E-state index in [2.05, 4.69) is 0 Å².